The van der Waals surface area contributed by atoms with E-state index in [1.54, 1.807) is 4.90 Å². The Morgan fingerprint density at radius 2 is 1.90 bits per heavy atom. The summed E-state index contributed by atoms with van der Waals surface area (Å²) in [5, 5.41) is 3.03. The van der Waals surface area contributed by atoms with E-state index in [9.17, 15) is 14.4 Å². The van der Waals surface area contributed by atoms with E-state index >= 15 is 0 Å². The topological polar surface area (TPSA) is 73.0 Å². The highest BCUT2D eigenvalue weighted by atomic mass is 16.2. The van der Waals surface area contributed by atoms with Gasteiger partial charge < -0.3 is 15.1 Å². The summed E-state index contributed by atoms with van der Waals surface area (Å²) in [6, 6.07) is 7.20. The van der Waals surface area contributed by atoms with Crippen molar-refractivity contribution >= 4 is 29.1 Å². The molecule has 2 saturated heterocycles. The van der Waals surface area contributed by atoms with E-state index < -0.39 is 0 Å². The number of nitrogens with one attached hydrogen (secondary N) is 1. The number of benzene rings is 1. The minimum Gasteiger partial charge on any atom is -0.346 e. The summed E-state index contributed by atoms with van der Waals surface area (Å²) in [4.78, 5) is 43.5. The fourth-order valence-electron chi connectivity index (χ4n) is 4.47. The zero-order valence-electron chi connectivity index (χ0n) is 19.1. The second-order valence-corrected chi connectivity index (χ2v) is 8.75. The van der Waals surface area contributed by atoms with Crippen molar-refractivity contribution in [2.45, 2.75) is 58.4 Å². The summed E-state index contributed by atoms with van der Waals surface area (Å²) in [5.74, 6) is 0.305. The lowest BCUT2D eigenvalue weighted by atomic mass is 9.94. The van der Waals surface area contributed by atoms with Crippen molar-refractivity contribution in [3.05, 3.63) is 24.3 Å². The Labute approximate surface area is 185 Å². The van der Waals surface area contributed by atoms with Crippen LogP contribution in [0.2, 0.25) is 0 Å². The van der Waals surface area contributed by atoms with Crippen molar-refractivity contribution in [3.63, 3.8) is 0 Å². The molecule has 7 heteroatoms. The van der Waals surface area contributed by atoms with Gasteiger partial charge in [0.15, 0.2) is 0 Å². The summed E-state index contributed by atoms with van der Waals surface area (Å²) < 4.78 is 0. The molecule has 2 fully saturated rings. The highest BCUT2D eigenvalue weighted by Gasteiger charge is 2.31. The molecule has 1 unspecified atom stereocenters. The highest BCUT2D eigenvalue weighted by molar-refractivity contribution is 6.03. The number of carbonyl (C=O) groups excluding carboxylic acids is 3. The molecule has 2 heterocycles. The summed E-state index contributed by atoms with van der Waals surface area (Å²) in [6.07, 6.45) is 5.08. The Morgan fingerprint density at radius 1 is 1.19 bits per heavy atom. The van der Waals surface area contributed by atoms with Crippen molar-refractivity contribution in [1.82, 2.24) is 9.80 Å². The molecule has 1 aromatic carbocycles. The number of rotatable bonds is 8. The van der Waals surface area contributed by atoms with Crippen LogP contribution in [0.3, 0.4) is 0 Å². The van der Waals surface area contributed by atoms with Crippen molar-refractivity contribution in [2.24, 2.45) is 5.92 Å². The van der Waals surface area contributed by atoms with Crippen molar-refractivity contribution in [3.8, 4) is 0 Å². The number of likely N-dealkylation sites (tertiary alicyclic amines) is 1. The number of amides is 3. The van der Waals surface area contributed by atoms with Gasteiger partial charge in [0.05, 0.1) is 17.4 Å². The Kier molecular flexibility index (Phi) is 8.07. The molecule has 3 rings (SSSR count). The van der Waals surface area contributed by atoms with Crippen LogP contribution < -0.4 is 10.2 Å². The van der Waals surface area contributed by atoms with Crippen LogP contribution in [-0.2, 0) is 14.4 Å². The van der Waals surface area contributed by atoms with Crippen molar-refractivity contribution in [1.29, 1.82) is 0 Å². The molecular formula is C24H36N4O3. The zero-order chi connectivity index (χ0) is 22.4. The summed E-state index contributed by atoms with van der Waals surface area (Å²) in [7, 11) is 1.89. The summed E-state index contributed by atoms with van der Waals surface area (Å²) >= 11 is 0. The fourth-order valence-corrected chi connectivity index (χ4v) is 4.47. The van der Waals surface area contributed by atoms with E-state index in [1.807, 2.05) is 43.1 Å². The van der Waals surface area contributed by atoms with Gasteiger partial charge in [0.2, 0.25) is 17.7 Å². The van der Waals surface area contributed by atoms with Crippen LogP contribution in [0.1, 0.15) is 52.4 Å². The van der Waals surface area contributed by atoms with Gasteiger partial charge in [0.1, 0.15) is 0 Å². The third-order valence-electron chi connectivity index (χ3n) is 6.56. The predicted molar refractivity (Wildman–Crippen MR) is 123 cm³/mol. The maximum atomic E-state index is 13.0. The molecule has 0 spiro atoms. The molecule has 0 aliphatic carbocycles. The predicted octanol–water partition coefficient (Wildman–Crippen LogP) is 3.11. The first kappa shape index (κ1) is 23.3. The van der Waals surface area contributed by atoms with Gasteiger partial charge in [-0.3, -0.25) is 19.3 Å². The molecule has 31 heavy (non-hydrogen) atoms. The highest BCUT2D eigenvalue weighted by Crippen LogP contribution is 2.30. The van der Waals surface area contributed by atoms with E-state index in [-0.39, 0.29) is 29.7 Å². The van der Waals surface area contributed by atoms with Crippen LogP contribution in [0.25, 0.3) is 0 Å². The van der Waals surface area contributed by atoms with E-state index in [2.05, 4.69) is 17.1 Å². The van der Waals surface area contributed by atoms with Crippen LogP contribution in [0, 0.1) is 5.92 Å². The molecule has 7 nitrogen and oxygen atoms in total. The monoisotopic (exact) mass is 428 g/mol. The normalized spacial score (nSPS) is 18.8. The van der Waals surface area contributed by atoms with Gasteiger partial charge in [-0.05, 0) is 57.8 Å². The first-order valence-corrected chi connectivity index (χ1v) is 11.6. The number of hydrogen-bond acceptors (Lipinski definition) is 4. The average Bonchev–Trinajstić information content (AvgIpc) is 3.22. The smallest absolute Gasteiger partial charge is 0.241 e. The molecule has 170 valence electrons. The van der Waals surface area contributed by atoms with E-state index in [1.165, 1.54) is 0 Å². The SMILES string of the molecule is CCCCN(C)C(=O)C1CCN(C(C)C(=O)Nc2ccccc2N2CCCC2=O)CC1. The molecule has 0 saturated carbocycles. The number of anilines is 2. The number of nitrogens with zero attached hydrogens (tertiary/aromatic N) is 3. The molecule has 2 aliphatic heterocycles. The maximum Gasteiger partial charge on any atom is 0.241 e. The van der Waals surface area contributed by atoms with E-state index in [4.69, 9.17) is 0 Å². The Hall–Kier alpha value is -2.41. The average molecular weight is 429 g/mol. The van der Waals surface area contributed by atoms with Gasteiger partial charge in [0, 0.05) is 32.5 Å². The van der Waals surface area contributed by atoms with E-state index in [0.717, 1.165) is 57.4 Å². The van der Waals surface area contributed by atoms with Crippen molar-refractivity contribution in [2.75, 3.05) is 43.4 Å². The molecule has 0 bridgehead atoms. The number of piperidine rings is 1. The van der Waals surface area contributed by atoms with Crippen LogP contribution in [0.4, 0.5) is 11.4 Å². The summed E-state index contributed by atoms with van der Waals surface area (Å²) in [6.45, 7) is 7.01. The third kappa shape index (κ3) is 5.64. The van der Waals surface area contributed by atoms with Crippen LogP contribution in [0.5, 0.6) is 0 Å². The minimum absolute atomic E-state index is 0.0512. The van der Waals surface area contributed by atoms with Gasteiger partial charge in [0.25, 0.3) is 0 Å². The number of para-hydroxylation sites is 2. The second-order valence-electron chi connectivity index (χ2n) is 8.75. The molecule has 1 atom stereocenters. The number of carbonyl (C=O) groups is 3. The van der Waals surface area contributed by atoms with Crippen molar-refractivity contribution < 1.29 is 14.4 Å². The Morgan fingerprint density at radius 3 is 2.55 bits per heavy atom. The first-order chi connectivity index (χ1) is 14.9. The maximum absolute atomic E-state index is 13.0. The van der Waals surface area contributed by atoms with Gasteiger partial charge in [-0.25, -0.2) is 0 Å². The number of unbranched alkanes of at least 4 members (excludes halogenated alkanes) is 1. The molecular weight excluding hydrogens is 392 g/mol. The zero-order valence-corrected chi connectivity index (χ0v) is 19.1. The fraction of sp³-hybridized carbons (Fsp3) is 0.625. The van der Waals surface area contributed by atoms with E-state index in [0.29, 0.717) is 18.7 Å². The molecule has 1 aromatic rings. The Balaban J connectivity index is 1.55. The lowest BCUT2D eigenvalue weighted by Crippen LogP contribution is -2.48. The van der Waals surface area contributed by atoms with Gasteiger partial charge in [-0.15, -0.1) is 0 Å². The largest absolute Gasteiger partial charge is 0.346 e. The standard InChI is InChI=1S/C24H36N4O3/c1-4-5-14-26(3)24(31)19-12-16-27(17-13-19)18(2)23(30)25-20-9-6-7-10-21(20)28-15-8-11-22(28)29/h6-7,9-10,18-19H,4-5,8,11-17H2,1-3H3,(H,25,30). The first-order valence-electron chi connectivity index (χ1n) is 11.6. The summed E-state index contributed by atoms with van der Waals surface area (Å²) in [5.41, 5.74) is 1.45. The number of hydrogen-bond donors (Lipinski definition) is 1. The third-order valence-corrected chi connectivity index (χ3v) is 6.56. The molecule has 0 aromatic heterocycles. The molecule has 1 N–H and O–H groups in total. The molecule has 2 aliphatic rings. The van der Waals surface area contributed by atoms with Gasteiger partial charge in [-0.2, -0.15) is 0 Å². The minimum atomic E-state index is -0.295. The van der Waals surface area contributed by atoms with Crippen LogP contribution in [-0.4, -0.2) is 66.8 Å². The molecule has 3 amide bonds. The van der Waals surface area contributed by atoms with Crippen LogP contribution >= 0.6 is 0 Å². The van der Waals surface area contributed by atoms with Gasteiger partial charge in [-0.1, -0.05) is 25.5 Å². The Bertz CT molecular complexity index is 789. The lowest BCUT2D eigenvalue weighted by Gasteiger charge is -2.36. The quantitative estimate of drug-likeness (QED) is 0.691. The second kappa shape index (κ2) is 10.8. The lowest BCUT2D eigenvalue weighted by molar-refractivity contribution is -0.136. The van der Waals surface area contributed by atoms with Crippen LogP contribution in [0.15, 0.2) is 24.3 Å². The molecule has 0 radical (unpaired) electrons. The van der Waals surface area contributed by atoms with Gasteiger partial charge >= 0.3 is 0 Å².